The van der Waals surface area contributed by atoms with Gasteiger partial charge >= 0.3 is 0 Å². The number of hydrogen-bond acceptors (Lipinski definition) is 2. The maximum absolute atomic E-state index is 5.91. The van der Waals surface area contributed by atoms with E-state index in [0.717, 1.165) is 33.1 Å². The Balaban J connectivity index is 1.96. The molecule has 0 radical (unpaired) electrons. The van der Waals surface area contributed by atoms with E-state index < -0.39 is 0 Å². The van der Waals surface area contributed by atoms with Gasteiger partial charge < -0.3 is 4.98 Å². The Morgan fingerprint density at radius 2 is 2.00 bits per heavy atom. The average Bonchev–Trinajstić information content (AvgIpc) is 2.89. The molecule has 0 bridgehead atoms. The van der Waals surface area contributed by atoms with Gasteiger partial charge in [-0.2, -0.15) is 0 Å². The van der Waals surface area contributed by atoms with Crippen molar-refractivity contribution in [3.63, 3.8) is 0 Å². The molecule has 0 aliphatic carbocycles. The van der Waals surface area contributed by atoms with E-state index >= 15 is 0 Å². The second-order valence-corrected chi connectivity index (χ2v) is 5.03. The molecule has 96 valence electrons. The summed E-state index contributed by atoms with van der Waals surface area (Å²) >= 11 is 5.91. The van der Waals surface area contributed by atoms with Gasteiger partial charge in [0.25, 0.3) is 0 Å². The molecule has 0 unspecified atom stereocenters. The van der Waals surface area contributed by atoms with Crippen molar-refractivity contribution in [1.82, 2.24) is 15.0 Å². The van der Waals surface area contributed by atoms with Crippen molar-refractivity contribution in [2.24, 2.45) is 0 Å². The van der Waals surface area contributed by atoms with E-state index in [2.05, 4.69) is 33.2 Å². The topological polar surface area (TPSA) is 41.6 Å². The Labute approximate surface area is 120 Å². The Kier molecular flexibility index (Phi) is 2.47. The van der Waals surface area contributed by atoms with Gasteiger partial charge in [0.2, 0.25) is 0 Å². The molecule has 0 saturated heterocycles. The monoisotopic (exact) mass is 279 g/mol. The lowest BCUT2D eigenvalue weighted by molar-refractivity contribution is 1.33. The van der Waals surface area contributed by atoms with Gasteiger partial charge in [0.1, 0.15) is 10.8 Å². The van der Waals surface area contributed by atoms with Crippen molar-refractivity contribution in [3.8, 4) is 11.1 Å². The van der Waals surface area contributed by atoms with E-state index in [9.17, 15) is 0 Å². The molecule has 0 fully saturated rings. The molecule has 0 amide bonds. The molecular formula is C16H10ClN3. The highest BCUT2D eigenvalue weighted by Gasteiger charge is 2.08. The fourth-order valence-electron chi connectivity index (χ4n) is 2.46. The lowest BCUT2D eigenvalue weighted by Gasteiger charge is -2.02. The van der Waals surface area contributed by atoms with Crippen LogP contribution in [-0.4, -0.2) is 15.0 Å². The molecule has 0 atom stereocenters. The zero-order valence-corrected chi connectivity index (χ0v) is 11.2. The third-order valence-electron chi connectivity index (χ3n) is 3.42. The molecule has 4 rings (SSSR count). The highest BCUT2D eigenvalue weighted by molar-refractivity contribution is 6.29. The Bertz CT molecular complexity index is 927. The third kappa shape index (κ3) is 1.75. The van der Waals surface area contributed by atoms with Crippen LogP contribution in [0.2, 0.25) is 5.15 Å². The SMILES string of the molecule is Clc1ccc2c(-c3ccc4ncccc4c3)c[nH]c2n1. The fraction of sp³-hybridized carbons (Fsp3) is 0. The Morgan fingerprint density at radius 1 is 1.05 bits per heavy atom. The van der Waals surface area contributed by atoms with E-state index in [4.69, 9.17) is 11.6 Å². The minimum atomic E-state index is 0.494. The van der Waals surface area contributed by atoms with E-state index in [1.807, 2.05) is 30.5 Å². The average molecular weight is 280 g/mol. The molecule has 1 aromatic carbocycles. The van der Waals surface area contributed by atoms with E-state index in [1.165, 1.54) is 0 Å². The van der Waals surface area contributed by atoms with Gasteiger partial charge in [0, 0.05) is 28.7 Å². The molecule has 0 aliphatic rings. The molecule has 0 saturated carbocycles. The normalized spacial score (nSPS) is 11.2. The Morgan fingerprint density at radius 3 is 2.95 bits per heavy atom. The Hall–Kier alpha value is -2.39. The van der Waals surface area contributed by atoms with E-state index in [1.54, 1.807) is 6.20 Å². The van der Waals surface area contributed by atoms with Crippen LogP contribution in [-0.2, 0) is 0 Å². The van der Waals surface area contributed by atoms with Crippen molar-refractivity contribution in [3.05, 3.63) is 60.0 Å². The summed E-state index contributed by atoms with van der Waals surface area (Å²) in [7, 11) is 0. The summed E-state index contributed by atoms with van der Waals surface area (Å²) in [5.74, 6) is 0. The van der Waals surface area contributed by atoms with Crippen LogP contribution < -0.4 is 0 Å². The number of aromatic amines is 1. The van der Waals surface area contributed by atoms with Crippen molar-refractivity contribution in [2.45, 2.75) is 0 Å². The number of H-pyrrole nitrogens is 1. The van der Waals surface area contributed by atoms with Crippen molar-refractivity contribution >= 4 is 33.5 Å². The molecule has 4 heteroatoms. The quantitative estimate of drug-likeness (QED) is 0.524. The van der Waals surface area contributed by atoms with Crippen LogP contribution >= 0.6 is 11.6 Å². The summed E-state index contributed by atoms with van der Waals surface area (Å²) in [6.07, 6.45) is 3.77. The molecule has 20 heavy (non-hydrogen) atoms. The molecule has 0 spiro atoms. The van der Waals surface area contributed by atoms with Gasteiger partial charge in [-0.1, -0.05) is 23.7 Å². The smallest absolute Gasteiger partial charge is 0.139 e. The highest BCUT2D eigenvalue weighted by Crippen LogP contribution is 2.30. The number of aromatic nitrogens is 3. The van der Waals surface area contributed by atoms with Gasteiger partial charge in [0.05, 0.1) is 5.52 Å². The molecular weight excluding hydrogens is 270 g/mol. The standard InChI is InChI=1S/C16H10ClN3/c17-15-6-4-12-13(9-19-16(12)20-15)10-3-5-14-11(8-10)2-1-7-18-14/h1-9H,(H,19,20). The summed E-state index contributed by atoms with van der Waals surface area (Å²) < 4.78 is 0. The maximum Gasteiger partial charge on any atom is 0.139 e. The number of hydrogen-bond donors (Lipinski definition) is 1. The number of fused-ring (bicyclic) bond motifs is 2. The fourth-order valence-corrected chi connectivity index (χ4v) is 2.61. The summed E-state index contributed by atoms with van der Waals surface area (Å²) in [6, 6.07) is 14.1. The zero-order valence-electron chi connectivity index (χ0n) is 10.5. The van der Waals surface area contributed by atoms with Crippen LogP contribution in [0.3, 0.4) is 0 Å². The summed E-state index contributed by atoms with van der Waals surface area (Å²) in [5, 5.41) is 2.69. The number of pyridine rings is 2. The van der Waals surface area contributed by atoms with Gasteiger partial charge in [-0.25, -0.2) is 4.98 Å². The predicted octanol–water partition coefficient (Wildman–Crippen LogP) is 4.43. The van der Waals surface area contributed by atoms with Gasteiger partial charge in [-0.05, 0) is 35.9 Å². The third-order valence-corrected chi connectivity index (χ3v) is 3.63. The van der Waals surface area contributed by atoms with Crippen LogP contribution in [0.5, 0.6) is 0 Å². The first-order chi connectivity index (χ1) is 9.81. The number of nitrogens with one attached hydrogen (secondary N) is 1. The number of rotatable bonds is 1. The second-order valence-electron chi connectivity index (χ2n) is 4.64. The molecule has 3 aromatic heterocycles. The predicted molar refractivity (Wildman–Crippen MR) is 81.8 cm³/mol. The largest absolute Gasteiger partial charge is 0.345 e. The van der Waals surface area contributed by atoms with Crippen LogP contribution in [0, 0.1) is 0 Å². The summed E-state index contributed by atoms with van der Waals surface area (Å²) in [4.78, 5) is 11.8. The zero-order chi connectivity index (χ0) is 13.5. The lowest BCUT2D eigenvalue weighted by Crippen LogP contribution is -1.81. The van der Waals surface area contributed by atoms with E-state index in [0.29, 0.717) is 5.15 Å². The summed E-state index contributed by atoms with van der Waals surface area (Å²) in [6.45, 7) is 0. The number of nitrogens with zero attached hydrogens (tertiary/aromatic N) is 2. The van der Waals surface area contributed by atoms with Crippen LogP contribution in [0.15, 0.2) is 54.9 Å². The highest BCUT2D eigenvalue weighted by atomic mass is 35.5. The minimum absolute atomic E-state index is 0.494. The number of benzene rings is 1. The minimum Gasteiger partial charge on any atom is -0.345 e. The molecule has 3 heterocycles. The first-order valence-corrected chi connectivity index (χ1v) is 6.68. The maximum atomic E-state index is 5.91. The second kappa shape index (κ2) is 4.32. The molecule has 4 aromatic rings. The van der Waals surface area contributed by atoms with Crippen LogP contribution in [0.4, 0.5) is 0 Å². The van der Waals surface area contributed by atoms with Gasteiger partial charge in [0.15, 0.2) is 0 Å². The van der Waals surface area contributed by atoms with Crippen molar-refractivity contribution in [1.29, 1.82) is 0 Å². The van der Waals surface area contributed by atoms with Crippen molar-refractivity contribution < 1.29 is 0 Å². The first kappa shape index (κ1) is 11.4. The number of halogens is 1. The van der Waals surface area contributed by atoms with Crippen LogP contribution in [0.1, 0.15) is 0 Å². The van der Waals surface area contributed by atoms with Gasteiger partial charge in [-0.3, -0.25) is 4.98 Å². The first-order valence-electron chi connectivity index (χ1n) is 6.30. The van der Waals surface area contributed by atoms with Crippen molar-refractivity contribution in [2.75, 3.05) is 0 Å². The lowest BCUT2D eigenvalue weighted by atomic mass is 10.0. The van der Waals surface area contributed by atoms with Gasteiger partial charge in [-0.15, -0.1) is 0 Å². The van der Waals surface area contributed by atoms with E-state index in [-0.39, 0.29) is 0 Å². The van der Waals surface area contributed by atoms with Crippen LogP contribution in [0.25, 0.3) is 33.1 Å². The summed E-state index contributed by atoms with van der Waals surface area (Å²) in [5.41, 5.74) is 4.06. The molecule has 1 N–H and O–H groups in total. The molecule has 3 nitrogen and oxygen atoms in total. The molecule has 0 aliphatic heterocycles.